The van der Waals surface area contributed by atoms with Crippen molar-refractivity contribution in [2.45, 2.75) is 18.5 Å². The molecule has 172 valence electrons. The number of rotatable bonds is 8. The molecule has 1 N–H and O–H groups in total. The number of benzene rings is 1. The van der Waals surface area contributed by atoms with E-state index in [0.29, 0.717) is 22.0 Å². The van der Waals surface area contributed by atoms with Gasteiger partial charge in [0.2, 0.25) is 0 Å². The third kappa shape index (κ3) is 4.91. The summed E-state index contributed by atoms with van der Waals surface area (Å²) in [7, 11) is 5.50. The summed E-state index contributed by atoms with van der Waals surface area (Å²) in [6, 6.07) is 16.7. The van der Waals surface area contributed by atoms with Crippen molar-refractivity contribution in [3.63, 3.8) is 0 Å². The van der Waals surface area contributed by atoms with Crippen LogP contribution in [0.15, 0.2) is 65.2 Å². The van der Waals surface area contributed by atoms with E-state index in [2.05, 4.69) is 34.2 Å². The normalized spacial score (nSPS) is 17.9. The second-order valence-corrected chi connectivity index (χ2v) is 8.60. The summed E-state index contributed by atoms with van der Waals surface area (Å²) >= 11 is 5.72. The Bertz CT molecular complexity index is 1120. The third-order valence-corrected chi connectivity index (χ3v) is 6.07. The highest BCUT2D eigenvalue weighted by Crippen LogP contribution is 2.40. The van der Waals surface area contributed by atoms with Crippen LogP contribution in [0.5, 0.6) is 0 Å². The lowest BCUT2D eigenvalue weighted by Crippen LogP contribution is -2.32. The number of ether oxygens (including phenoxy) is 1. The van der Waals surface area contributed by atoms with Gasteiger partial charge in [-0.2, -0.15) is 0 Å². The minimum Gasteiger partial charge on any atom is -0.465 e. The zero-order valence-electron chi connectivity index (χ0n) is 19.0. The van der Waals surface area contributed by atoms with Crippen LogP contribution in [0.1, 0.15) is 40.3 Å². The van der Waals surface area contributed by atoms with E-state index in [0.717, 1.165) is 31.0 Å². The zero-order valence-corrected chi connectivity index (χ0v) is 19.8. The van der Waals surface area contributed by atoms with Gasteiger partial charge in [-0.15, -0.1) is 0 Å². The summed E-state index contributed by atoms with van der Waals surface area (Å²) in [5, 5.41) is 4.12. The van der Waals surface area contributed by atoms with Crippen molar-refractivity contribution in [3.8, 4) is 11.3 Å². The van der Waals surface area contributed by atoms with Gasteiger partial charge in [-0.1, -0.05) is 24.3 Å². The molecule has 8 heteroatoms. The standard InChI is InChI=1S/C25H28N4O3S/c1-28(2)15-8-16-29-23(22(27-25(29)33)19-11-6-7-14-26-19)21-13-12-20(32-21)17-9-4-5-10-18(17)24(30)31-3/h4-7,9-14,22-23H,8,15-16H2,1-3H3,(H,27,33)/t22-,23-/m1/s1. The molecular weight excluding hydrogens is 436 g/mol. The van der Waals surface area contributed by atoms with Crippen LogP contribution in [0.3, 0.4) is 0 Å². The molecule has 1 fully saturated rings. The molecule has 0 saturated carbocycles. The molecule has 0 unspecified atom stereocenters. The molecule has 3 heterocycles. The zero-order chi connectivity index (χ0) is 23.4. The van der Waals surface area contributed by atoms with E-state index in [-0.39, 0.29) is 12.1 Å². The van der Waals surface area contributed by atoms with Crippen LogP contribution in [0, 0.1) is 0 Å². The molecule has 4 rings (SSSR count). The maximum Gasteiger partial charge on any atom is 0.338 e. The number of methoxy groups -OCH3 is 1. The lowest BCUT2D eigenvalue weighted by Gasteiger charge is -2.26. The van der Waals surface area contributed by atoms with E-state index < -0.39 is 5.97 Å². The van der Waals surface area contributed by atoms with Gasteiger partial charge in [0.25, 0.3) is 0 Å². The van der Waals surface area contributed by atoms with Crippen LogP contribution in [-0.2, 0) is 4.74 Å². The van der Waals surface area contributed by atoms with Gasteiger partial charge in [-0.05, 0) is 69.6 Å². The number of furan rings is 1. The van der Waals surface area contributed by atoms with Crippen LogP contribution in [0.4, 0.5) is 0 Å². The number of esters is 1. The fourth-order valence-electron chi connectivity index (χ4n) is 4.16. The summed E-state index contributed by atoms with van der Waals surface area (Å²) in [4.78, 5) is 21.2. The van der Waals surface area contributed by atoms with E-state index in [1.165, 1.54) is 7.11 Å². The van der Waals surface area contributed by atoms with Gasteiger partial charge in [0, 0.05) is 18.3 Å². The summed E-state index contributed by atoms with van der Waals surface area (Å²) in [5.74, 6) is 0.971. The average molecular weight is 465 g/mol. The number of pyridine rings is 1. The van der Waals surface area contributed by atoms with Gasteiger partial charge >= 0.3 is 5.97 Å². The fourth-order valence-corrected chi connectivity index (χ4v) is 4.49. The van der Waals surface area contributed by atoms with Crippen molar-refractivity contribution in [1.29, 1.82) is 0 Å². The SMILES string of the molecule is COC(=O)c1ccccc1-c1ccc([C@@H]2[C@@H](c3ccccn3)NC(=S)N2CCCN(C)C)o1. The van der Waals surface area contributed by atoms with E-state index >= 15 is 0 Å². The molecule has 3 aromatic rings. The van der Waals surface area contributed by atoms with E-state index in [9.17, 15) is 4.79 Å². The fraction of sp³-hybridized carbons (Fsp3) is 0.320. The summed E-state index contributed by atoms with van der Waals surface area (Å²) in [5.41, 5.74) is 2.05. The summed E-state index contributed by atoms with van der Waals surface area (Å²) in [6.07, 6.45) is 2.74. The van der Waals surface area contributed by atoms with Crippen LogP contribution in [0.2, 0.25) is 0 Å². The first-order valence-corrected chi connectivity index (χ1v) is 11.3. The molecule has 0 spiro atoms. The summed E-state index contributed by atoms with van der Waals surface area (Å²) < 4.78 is 11.3. The molecule has 0 amide bonds. The number of thiocarbonyl (C=S) groups is 1. The van der Waals surface area contributed by atoms with Crippen molar-refractivity contribution in [2.75, 3.05) is 34.3 Å². The minimum absolute atomic E-state index is 0.145. The largest absolute Gasteiger partial charge is 0.465 e. The van der Waals surface area contributed by atoms with Crippen molar-refractivity contribution < 1.29 is 13.9 Å². The second-order valence-electron chi connectivity index (χ2n) is 8.22. The first-order chi connectivity index (χ1) is 16.0. The number of nitrogens with one attached hydrogen (secondary N) is 1. The Hall–Kier alpha value is -3.23. The molecule has 1 aliphatic rings. The smallest absolute Gasteiger partial charge is 0.338 e. The molecule has 1 saturated heterocycles. The highest BCUT2D eigenvalue weighted by atomic mass is 32.1. The lowest BCUT2D eigenvalue weighted by molar-refractivity contribution is 0.0601. The topological polar surface area (TPSA) is 70.8 Å². The van der Waals surface area contributed by atoms with Crippen LogP contribution in [0.25, 0.3) is 11.3 Å². The van der Waals surface area contributed by atoms with Crippen LogP contribution < -0.4 is 5.32 Å². The third-order valence-electron chi connectivity index (χ3n) is 5.72. The number of carbonyl (C=O) groups excluding carboxylic acids is 1. The Balaban J connectivity index is 1.70. The maximum atomic E-state index is 12.3. The predicted octanol–water partition coefficient (Wildman–Crippen LogP) is 4.05. The molecule has 0 aliphatic carbocycles. The maximum absolute atomic E-state index is 12.3. The van der Waals surface area contributed by atoms with Gasteiger partial charge in [-0.3, -0.25) is 4.98 Å². The van der Waals surface area contributed by atoms with Crippen molar-refractivity contribution in [1.82, 2.24) is 20.1 Å². The molecule has 7 nitrogen and oxygen atoms in total. The average Bonchev–Trinajstić information content (AvgIpc) is 3.44. The molecule has 2 atom stereocenters. The van der Waals surface area contributed by atoms with Gasteiger partial charge in [0.1, 0.15) is 17.6 Å². The Kier molecular flexibility index (Phi) is 7.05. The van der Waals surface area contributed by atoms with Crippen molar-refractivity contribution in [3.05, 3.63) is 77.8 Å². The van der Waals surface area contributed by atoms with Crippen LogP contribution in [-0.4, -0.2) is 60.2 Å². The molecule has 1 aliphatic heterocycles. The number of nitrogens with zero attached hydrogens (tertiary/aromatic N) is 3. The van der Waals surface area contributed by atoms with Crippen LogP contribution >= 0.6 is 12.2 Å². The van der Waals surface area contributed by atoms with Gasteiger partial charge in [-0.25, -0.2) is 4.79 Å². The Morgan fingerprint density at radius 1 is 1.18 bits per heavy atom. The molecule has 0 radical (unpaired) electrons. The predicted molar refractivity (Wildman–Crippen MR) is 131 cm³/mol. The lowest BCUT2D eigenvalue weighted by atomic mass is 10.0. The van der Waals surface area contributed by atoms with Crippen molar-refractivity contribution in [2.24, 2.45) is 0 Å². The molecule has 0 bridgehead atoms. The number of carbonyl (C=O) groups is 1. The molecule has 33 heavy (non-hydrogen) atoms. The highest BCUT2D eigenvalue weighted by molar-refractivity contribution is 7.80. The quantitative estimate of drug-likeness (QED) is 0.396. The number of hydrogen-bond donors (Lipinski definition) is 1. The van der Waals surface area contributed by atoms with Gasteiger partial charge in [0.15, 0.2) is 5.11 Å². The first kappa shape index (κ1) is 22.9. The Labute approximate surface area is 199 Å². The van der Waals surface area contributed by atoms with Crippen molar-refractivity contribution >= 4 is 23.3 Å². The Morgan fingerprint density at radius 3 is 2.70 bits per heavy atom. The molecule has 2 aromatic heterocycles. The summed E-state index contributed by atoms with van der Waals surface area (Å²) in [6.45, 7) is 1.74. The molecule has 1 aromatic carbocycles. The number of hydrogen-bond acceptors (Lipinski definition) is 6. The van der Waals surface area contributed by atoms with Gasteiger partial charge < -0.3 is 24.3 Å². The minimum atomic E-state index is -0.399. The first-order valence-electron chi connectivity index (χ1n) is 10.9. The highest BCUT2D eigenvalue weighted by Gasteiger charge is 2.41. The second kappa shape index (κ2) is 10.1. The Morgan fingerprint density at radius 2 is 1.97 bits per heavy atom. The number of aromatic nitrogens is 1. The monoisotopic (exact) mass is 464 g/mol. The van der Waals surface area contributed by atoms with E-state index in [1.54, 1.807) is 12.3 Å². The van der Waals surface area contributed by atoms with Gasteiger partial charge in [0.05, 0.1) is 24.4 Å². The van der Waals surface area contributed by atoms with E-state index in [1.807, 2.05) is 48.5 Å². The molecular formula is C25H28N4O3S. The van der Waals surface area contributed by atoms with E-state index in [4.69, 9.17) is 21.4 Å².